The van der Waals surface area contributed by atoms with Crippen molar-refractivity contribution in [2.75, 3.05) is 19.4 Å². The summed E-state index contributed by atoms with van der Waals surface area (Å²) in [6.45, 7) is 1.62. The molecular weight excluding hydrogens is 455 g/mol. The standard InChI is InChI=1S/C30H47O2PS/c1-2-3-4-17-26-31-33(34,28-19-8-6-12-21-30-24-15-10-16-25-30)32-27-18-7-5-11-20-29-22-13-9-14-23-29/h9-10,13-16,22-25H,2-8,11-12,17-21,26-28H2,1H3. The summed E-state index contributed by atoms with van der Waals surface area (Å²) in [5.41, 5.74) is 2.88. The van der Waals surface area contributed by atoms with Crippen molar-refractivity contribution in [3.8, 4) is 0 Å². The van der Waals surface area contributed by atoms with Gasteiger partial charge in [0, 0.05) is 6.16 Å². The number of hydrogen-bond donors (Lipinski definition) is 0. The summed E-state index contributed by atoms with van der Waals surface area (Å²) >= 11 is 5.97. The molecule has 4 heteroatoms. The summed E-state index contributed by atoms with van der Waals surface area (Å²) in [6, 6.07) is 21.6. The van der Waals surface area contributed by atoms with Crippen LogP contribution >= 0.6 is 6.49 Å². The van der Waals surface area contributed by atoms with Crippen LogP contribution in [0, 0.1) is 0 Å². The van der Waals surface area contributed by atoms with Gasteiger partial charge in [-0.15, -0.1) is 0 Å². The van der Waals surface area contributed by atoms with Gasteiger partial charge in [0.05, 0.1) is 13.2 Å². The molecule has 0 aromatic heterocycles. The summed E-state index contributed by atoms with van der Waals surface area (Å²) in [4.78, 5) is 0. The van der Waals surface area contributed by atoms with Crippen molar-refractivity contribution >= 4 is 18.3 Å². The van der Waals surface area contributed by atoms with Crippen LogP contribution in [0.5, 0.6) is 0 Å². The first-order valence-electron chi connectivity index (χ1n) is 13.7. The molecule has 0 spiro atoms. The molecule has 0 saturated heterocycles. The SMILES string of the molecule is CCCCCCOP(=S)(CCCCCCc1ccccc1)OCCCCCCc1ccccc1. The second-order valence-corrected chi connectivity index (χ2v) is 13.2. The van der Waals surface area contributed by atoms with Crippen LogP contribution in [0.25, 0.3) is 0 Å². The summed E-state index contributed by atoms with van der Waals surface area (Å²) in [6.07, 6.45) is 17.7. The van der Waals surface area contributed by atoms with Crippen LogP contribution in [0.3, 0.4) is 0 Å². The molecule has 34 heavy (non-hydrogen) atoms. The van der Waals surface area contributed by atoms with Crippen molar-refractivity contribution in [3.63, 3.8) is 0 Å². The Bertz CT molecular complexity index is 766. The van der Waals surface area contributed by atoms with Crippen molar-refractivity contribution < 1.29 is 9.05 Å². The second kappa shape index (κ2) is 19.2. The Balaban J connectivity index is 1.60. The molecule has 0 heterocycles. The molecule has 0 aliphatic rings. The number of benzene rings is 2. The van der Waals surface area contributed by atoms with Crippen LogP contribution in [0.4, 0.5) is 0 Å². The fourth-order valence-electron chi connectivity index (χ4n) is 4.16. The van der Waals surface area contributed by atoms with E-state index in [1.807, 2.05) is 0 Å². The Kier molecular flexibility index (Phi) is 16.5. The average molecular weight is 503 g/mol. The lowest BCUT2D eigenvalue weighted by molar-refractivity contribution is 0.237. The highest BCUT2D eigenvalue weighted by Gasteiger charge is 2.18. The number of hydrogen-bond acceptors (Lipinski definition) is 3. The first kappa shape index (κ1) is 29.2. The quantitative estimate of drug-likeness (QED) is 0.125. The van der Waals surface area contributed by atoms with Gasteiger partial charge < -0.3 is 9.05 Å². The zero-order valence-corrected chi connectivity index (χ0v) is 23.2. The lowest BCUT2D eigenvalue weighted by Crippen LogP contribution is -2.03. The molecule has 2 aromatic carbocycles. The highest BCUT2D eigenvalue weighted by atomic mass is 32.5. The van der Waals surface area contributed by atoms with Crippen molar-refractivity contribution in [1.29, 1.82) is 0 Å². The normalized spacial score (nSPS) is 13.1. The van der Waals surface area contributed by atoms with Gasteiger partial charge in [-0.3, -0.25) is 0 Å². The Morgan fingerprint density at radius 2 is 1.00 bits per heavy atom. The van der Waals surface area contributed by atoms with E-state index in [1.54, 1.807) is 0 Å². The van der Waals surface area contributed by atoms with Gasteiger partial charge in [-0.1, -0.05) is 113 Å². The largest absolute Gasteiger partial charge is 0.329 e. The zero-order chi connectivity index (χ0) is 24.2. The van der Waals surface area contributed by atoms with E-state index < -0.39 is 6.49 Å². The van der Waals surface area contributed by atoms with Crippen molar-refractivity contribution in [2.24, 2.45) is 0 Å². The molecule has 1 unspecified atom stereocenters. The van der Waals surface area contributed by atoms with E-state index in [0.717, 1.165) is 38.6 Å². The maximum Gasteiger partial charge on any atom is 0.188 e. The third-order valence-electron chi connectivity index (χ3n) is 6.27. The maximum absolute atomic E-state index is 6.28. The monoisotopic (exact) mass is 502 g/mol. The lowest BCUT2D eigenvalue weighted by atomic mass is 10.1. The third kappa shape index (κ3) is 14.4. The van der Waals surface area contributed by atoms with Crippen LogP contribution in [0.15, 0.2) is 60.7 Å². The summed E-state index contributed by atoms with van der Waals surface area (Å²) in [7, 11) is 0. The molecule has 0 saturated carbocycles. The fourth-order valence-corrected chi connectivity index (χ4v) is 6.76. The molecular formula is C30H47O2PS. The third-order valence-corrected chi connectivity index (χ3v) is 9.46. The van der Waals surface area contributed by atoms with Crippen molar-refractivity contribution in [2.45, 2.75) is 96.8 Å². The lowest BCUT2D eigenvalue weighted by Gasteiger charge is -2.22. The van der Waals surface area contributed by atoms with Gasteiger partial charge in [-0.2, -0.15) is 0 Å². The van der Waals surface area contributed by atoms with Crippen LogP contribution < -0.4 is 0 Å². The van der Waals surface area contributed by atoms with E-state index in [9.17, 15) is 0 Å². The summed E-state index contributed by atoms with van der Waals surface area (Å²) in [5, 5.41) is 0. The van der Waals surface area contributed by atoms with Crippen LogP contribution in [0.2, 0.25) is 0 Å². The molecule has 0 radical (unpaired) electrons. The van der Waals surface area contributed by atoms with Crippen LogP contribution in [0.1, 0.15) is 95.1 Å². The van der Waals surface area contributed by atoms with Gasteiger partial charge in [0.2, 0.25) is 0 Å². The number of rotatable bonds is 21. The predicted octanol–water partition coefficient (Wildman–Crippen LogP) is 9.52. The van der Waals surface area contributed by atoms with Crippen LogP contribution in [-0.4, -0.2) is 19.4 Å². The van der Waals surface area contributed by atoms with Gasteiger partial charge in [-0.05, 0) is 67.9 Å². The molecule has 2 nitrogen and oxygen atoms in total. The molecule has 2 aromatic rings. The minimum Gasteiger partial charge on any atom is -0.329 e. The zero-order valence-electron chi connectivity index (χ0n) is 21.5. The molecule has 0 amide bonds. The van der Waals surface area contributed by atoms with Gasteiger partial charge in [0.15, 0.2) is 6.49 Å². The van der Waals surface area contributed by atoms with Crippen molar-refractivity contribution in [3.05, 3.63) is 71.8 Å². The minimum atomic E-state index is -2.14. The van der Waals surface area contributed by atoms with E-state index >= 15 is 0 Å². The first-order valence-corrected chi connectivity index (χ1v) is 16.5. The fraction of sp³-hybridized carbons (Fsp3) is 0.600. The molecule has 0 N–H and O–H groups in total. The van der Waals surface area contributed by atoms with Gasteiger partial charge in [0.25, 0.3) is 0 Å². The molecule has 2 rings (SSSR count). The Hall–Kier alpha value is -0.990. The Morgan fingerprint density at radius 1 is 0.559 bits per heavy atom. The van der Waals surface area contributed by atoms with E-state index in [1.165, 1.54) is 81.8 Å². The van der Waals surface area contributed by atoms with E-state index in [4.69, 9.17) is 20.9 Å². The molecule has 0 aliphatic carbocycles. The Morgan fingerprint density at radius 3 is 1.50 bits per heavy atom. The minimum absolute atomic E-state index is 0.756. The van der Waals surface area contributed by atoms with Gasteiger partial charge in [0.1, 0.15) is 0 Å². The predicted molar refractivity (Wildman–Crippen MR) is 152 cm³/mol. The summed E-state index contributed by atoms with van der Waals surface area (Å²) < 4.78 is 12.5. The highest BCUT2D eigenvalue weighted by Crippen LogP contribution is 2.50. The molecule has 1 atom stereocenters. The van der Waals surface area contributed by atoms with Gasteiger partial charge >= 0.3 is 0 Å². The maximum atomic E-state index is 6.28. The van der Waals surface area contributed by atoms with Crippen LogP contribution in [-0.2, 0) is 33.7 Å². The molecule has 0 bridgehead atoms. The van der Waals surface area contributed by atoms with E-state index in [-0.39, 0.29) is 0 Å². The van der Waals surface area contributed by atoms with Crippen molar-refractivity contribution in [1.82, 2.24) is 0 Å². The van der Waals surface area contributed by atoms with E-state index in [2.05, 4.69) is 67.6 Å². The topological polar surface area (TPSA) is 18.5 Å². The summed E-state index contributed by atoms with van der Waals surface area (Å²) in [5.74, 6) is 0. The smallest absolute Gasteiger partial charge is 0.188 e. The van der Waals surface area contributed by atoms with Gasteiger partial charge in [-0.25, -0.2) is 0 Å². The molecule has 190 valence electrons. The Labute approximate surface area is 215 Å². The number of aryl methyl sites for hydroxylation is 2. The molecule has 0 aliphatic heterocycles. The highest BCUT2D eigenvalue weighted by molar-refractivity contribution is 8.09. The second-order valence-electron chi connectivity index (χ2n) is 9.36. The first-order chi connectivity index (χ1) is 16.7. The number of unbranched alkanes of at least 4 members (excludes halogenated alkanes) is 9. The average Bonchev–Trinajstić information content (AvgIpc) is 2.87. The van der Waals surface area contributed by atoms with E-state index in [0.29, 0.717) is 0 Å². The molecule has 0 fully saturated rings.